The number of tetrazole rings is 1. The maximum Gasteiger partial charge on any atom is 0.243 e. The molecule has 1 saturated heterocycles. The number of piperidine rings is 1. The smallest absolute Gasteiger partial charge is 0.243 e. The zero-order valence-corrected chi connectivity index (χ0v) is 15.8. The van der Waals surface area contributed by atoms with Gasteiger partial charge in [0.15, 0.2) is 0 Å². The van der Waals surface area contributed by atoms with E-state index in [2.05, 4.69) is 20.4 Å². The van der Waals surface area contributed by atoms with Crippen LogP contribution in [0.15, 0.2) is 53.7 Å². The molecule has 2 aromatic heterocycles. The highest BCUT2D eigenvalue weighted by molar-refractivity contribution is 7.89. The molecule has 28 heavy (non-hydrogen) atoms. The van der Waals surface area contributed by atoms with E-state index in [-0.39, 0.29) is 10.8 Å². The number of sulfonamides is 1. The third-order valence-electron chi connectivity index (χ3n) is 4.73. The SMILES string of the molecule is O=S(=O)(c1ccc(F)cc1)N1CCC[C@@H](Cn2nnc(-c3cccnc3)n2)C1. The molecule has 1 aliphatic heterocycles. The van der Waals surface area contributed by atoms with Crippen LogP contribution in [-0.2, 0) is 16.6 Å². The second kappa shape index (κ2) is 7.72. The molecule has 0 unspecified atom stereocenters. The molecule has 146 valence electrons. The summed E-state index contributed by atoms with van der Waals surface area (Å²) in [7, 11) is -3.65. The van der Waals surface area contributed by atoms with Gasteiger partial charge in [0.05, 0.1) is 11.4 Å². The van der Waals surface area contributed by atoms with Crippen molar-refractivity contribution in [2.75, 3.05) is 13.1 Å². The molecule has 0 N–H and O–H groups in total. The molecule has 0 saturated carbocycles. The fraction of sp³-hybridized carbons (Fsp3) is 0.333. The first-order valence-corrected chi connectivity index (χ1v) is 10.4. The van der Waals surface area contributed by atoms with Crippen LogP contribution in [0.5, 0.6) is 0 Å². The topological polar surface area (TPSA) is 93.9 Å². The van der Waals surface area contributed by atoms with Gasteiger partial charge in [-0.05, 0) is 60.4 Å². The summed E-state index contributed by atoms with van der Waals surface area (Å²) in [6.07, 6.45) is 4.96. The Morgan fingerprint density at radius 1 is 1.18 bits per heavy atom. The predicted molar refractivity (Wildman–Crippen MR) is 98.9 cm³/mol. The number of pyridine rings is 1. The van der Waals surface area contributed by atoms with E-state index in [4.69, 9.17) is 0 Å². The van der Waals surface area contributed by atoms with Crippen molar-refractivity contribution in [3.8, 4) is 11.4 Å². The lowest BCUT2D eigenvalue weighted by molar-refractivity contribution is 0.231. The average Bonchev–Trinajstić information content (AvgIpc) is 3.18. The highest BCUT2D eigenvalue weighted by Crippen LogP contribution is 2.25. The van der Waals surface area contributed by atoms with Crippen LogP contribution in [0.4, 0.5) is 4.39 Å². The molecule has 8 nitrogen and oxygen atoms in total. The van der Waals surface area contributed by atoms with Crippen LogP contribution in [0.3, 0.4) is 0 Å². The minimum Gasteiger partial charge on any atom is -0.264 e. The van der Waals surface area contributed by atoms with Crippen LogP contribution in [0.25, 0.3) is 11.4 Å². The number of rotatable bonds is 5. The Labute approximate surface area is 162 Å². The van der Waals surface area contributed by atoms with Gasteiger partial charge >= 0.3 is 0 Å². The molecule has 3 aromatic rings. The lowest BCUT2D eigenvalue weighted by atomic mass is 10.00. The highest BCUT2D eigenvalue weighted by Gasteiger charge is 2.30. The quantitative estimate of drug-likeness (QED) is 0.648. The van der Waals surface area contributed by atoms with Crippen molar-refractivity contribution in [1.29, 1.82) is 0 Å². The van der Waals surface area contributed by atoms with Crippen LogP contribution < -0.4 is 0 Å². The summed E-state index contributed by atoms with van der Waals surface area (Å²) >= 11 is 0. The van der Waals surface area contributed by atoms with Crippen LogP contribution in [0.1, 0.15) is 12.8 Å². The minimum atomic E-state index is -3.65. The minimum absolute atomic E-state index is 0.0694. The second-order valence-corrected chi connectivity index (χ2v) is 8.67. The first-order chi connectivity index (χ1) is 13.5. The van der Waals surface area contributed by atoms with Gasteiger partial charge in [-0.1, -0.05) is 0 Å². The maximum absolute atomic E-state index is 13.1. The molecule has 10 heteroatoms. The maximum atomic E-state index is 13.1. The molecule has 3 heterocycles. The Hall–Kier alpha value is -2.72. The first kappa shape index (κ1) is 18.6. The van der Waals surface area contributed by atoms with E-state index in [0.29, 0.717) is 25.5 Å². The molecule has 1 aliphatic rings. The van der Waals surface area contributed by atoms with Crippen LogP contribution in [0.2, 0.25) is 0 Å². The number of aromatic nitrogens is 5. The summed E-state index contributed by atoms with van der Waals surface area (Å²) in [4.78, 5) is 5.65. The number of hydrogen-bond acceptors (Lipinski definition) is 6. The van der Waals surface area contributed by atoms with Crippen molar-refractivity contribution in [3.63, 3.8) is 0 Å². The molecule has 4 rings (SSSR count). The number of halogens is 1. The third-order valence-corrected chi connectivity index (χ3v) is 6.61. The van der Waals surface area contributed by atoms with Gasteiger partial charge in [0, 0.05) is 31.0 Å². The highest BCUT2D eigenvalue weighted by atomic mass is 32.2. The predicted octanol–water partition coefficient (Wildman–Crippen LogP) is 1.98. The van der Waals surface area contributed by atoms with Crippen LogP contribution in [-0.4, -0.2) is 51.0 Å². The fourth-order valence-electron chi connectivity index (χ4n) is 3.31. The van der Waals surface area contributed by atoms with Gasteiger partial charge in [0.25, 0.3) is 0 Å². The lowest BCUT2D eigenvalue weighted by Gasteiger charge is -2.31. The molecular weight excluding hydrogens is 383 g/mol. The summed E-state index contributed by atoms with van der Waals surface area (Å²) in [5.41, 5.74) is 0.776. The molecule has 0 amide bonds. The molecule has 1 atom stereocenters. The van der Waals surface area contributed by atoms with E-state index in [9.17, 15) is 12.8 Å². The Bertz CT molecular complexity index is 1040. The Morgan fingerprint density at radius 3 is 2.75 bits per heavy atom. The number of hydrogen-bond donors (Lipinski definition) is 0. The van der Waals surface area contributed by atoms with Gasteiger partial charge < -0.3 is 0 Å². The standard InChI is InChI=1S/C18H19FN6O2S/c19-16-5-7-17(8-6-16)28(26,27)24-10-2-3-14(12-24)13-25-22-18(21-23-25)15-4-1-9-20-11-15/h1,4-9,11,14H,2-3,10,12-13H2/t14-/m1/s1. The lowest BCUT2D eigenvalue weighted by Crippen LogP contribution is -2.41. The average molecular weight is 402 g/mol. The summed E-state index contributed by atoms with van der Waals surface area (Å²) in [6.45, 7) is 1.29. The van der Waals surface area contributed by atoms with Crippen LogP contribution in [0, 0.1) is 11.7 Å². The van der Waals surface area contributed by atoms with E-state index in [1.807, 2.05) is 6.07 Å². The zero-order valence-electron chi connectivity index (χ0n) is 15.0. The Balaban J connectivity index is 1.46. The van der Waals surface area contributed by atoms with Crippen molar-refractivity contribution in [2.45, 2.75) is 24.3 Å². The third kappa shape index (κ3) is 3.92. The summed E-state index contributed by atoms with van der Waals surface area (Å²) < 4.78 is 40.2. The molecule has 0 bridgehead atoms. The largest absolute Gasteiger partial charge is 0.264 e. The van der Waals surface area contributed by atoms with Crippen molar-refractivity contribution in [3.05, 3.63) is 54.6 Å². The normalized spacial score (nSPS) is 18.2. The van der Waals surface area contributed by atoms with Gasteiger partial charge in [-0.25, -0.2) is 12.8 Å². The summed E-state index contributed by atoms with van der Waals surface area (Å²) in [5.74, 6) is 0.0942. The molecule has 1 fully saturated rings. The van der Waals surface area contributed by atoms with Crippen molar-refractivity contribution in [1.82, 2.24) is 29.5 Å². The van der Waals surface area contributed by atoms with Gasteiger partial charge in [0.2, 0.25) is 15.8 Å². The first-order valence-electron chi connectivity index (χ1n) is 8.96. The molecule has 0 aliphatic carbocycles. The van der Waals surface area contributed by atoms with Crippen LogP contribution >= 0.6 is 0 Å². The van der Waals surface area contributed by atoms with Gasteiger partial charge in [-0.2, -0.15) is 9.10 Å². The molecule has 0 spiro atoms. The second-order valence-electron chi connectivity index (χ2n) is 6.73. The summed E-state index contributed by atoms with van der Waals surface area (Å²) in [5, 5.41) is 12.5. The van der Waals surface area contributed by atoms with Crippen molar-refractivity contribution in [2.24, 2.45) is 5.92 Å². The molecule has 0 radical (unpaired) electrons. The molecular formula is C18H19FN6O2S. The Kier molecular flexibility index (Phi) is 5.14. The number of nitrogens with zero attached hydrogens (tertiary/aromatic N) is 6. The van der Waals surface area contributed by atoms with Gasteiger partial charge in [-0.15, -0.1) is 10.2 Å². The molecule has 1 aromatic carbocycles. The van der Waals surface area contributed by atoms with E-state index < -0.39 is 15.8 Å². The van der Waals surface area contributed by atoms with E-state index in [0.717, 1.165) is 30.5 Å². The van der Waals surface area contributed by atoms with Gasteiger partial charge in [-0.3, -0.25) is 4.98 Å². The van der Waals surface area contributed by atoms with Crippen molar-refractivity contribution >= 4 is 10.0 Å². The van der Waals surface area contributed by atoms with Crippen molar-refractivity contribution < 1.29 is 12.8 Å². The zero-order chi connectivity index (χ0) is 19.6. The van der Waals surface area contributed by atoms with Gasteiger partial charge in [0.1, 0.15) is 5.82 Å². The van der Waals surface area contributed by atoms with E-state index >= 15 is 0 Å². The fourth-order valence-corrected chi connectivity index (χ4v) is 4.87. The Morgan fingerprint density at radius 2 is 2.00 bits per heavy atom. The number of benzene rings is 1. The van der Waals surface area contributed by atoms with E-state index in [1.54, 1.807) is 18.5 Å². The van der Waals surface area contributed by atoms with E-state index in [1.165, 1.54) is 21.2 Å². The monoisotopic (exact) mass is 402 g/mol. The summed E-state index contributed by atoms with van der Waals surface area (Å²) in [6, 6.07) is 8.57.